The summed E-state index contributed by atoms with van der Waals surface area (Å²) in [5, 5.41) is 3.73. The summed E-state index contributed by atoms with van der Waals surface area (Å²) in [4.78, 5) is 2.51. The minimum Gasteiger partial charge on any atom is -0.313 e. The SMILES string of the molecule is CCC(CC)(CNC1CC1)CN(C)CCSC. The lowest BCUT2D eigenvalue weighted by atomic mass is 9.81. The zero-order chi connectivity index (χ0) is 12.7. The van der Waals surface area contributed by atoms with E-state index >= 15 is 0 Å². The van der Waals surface area contributed by atoms with Gasteiger partial charge < -0.3 is 10.2 Å². The van der Waals surface area contributed by atoms with Gasteiger partial charge in [-0.2, -0.15) is 11.8 Å². The van der Waals surface area contributed by atoms with Crippen molar-refractivity contribution in [3.63, 3.8) is 0 Å². The van der Waals surface area contributed by atoms with Gasteiger partial charge in [-0.25, -0.2) is 0 Å². The number of nitrogens with zero attached hydrogens (tertiary/aromatic N) is 1. The van der Waals surface area contributed by atoms with Crippen LogP contribution in [0.2, 0.25) is 0 Å². The first-order valence-electron chi connectivity index (χ1n) is 7.06. The third-order valence-electron chi connectivity index (χ3n) is 4.13. The predicted molar refractivity (Wildman–Crippen MR) is 79.9 cm³/mol. The van der Waals surface area contributed by atoms with Crippen LogP contribution in [-0.4, -0.2) is 49.6 Å². The molecule has 0 spiro atoms. The normalized spacial score (nSPS) is 16.8. The molecule has 0 bridgehead atoms. The molecule has 0 aromatic carbocycles. The second-order valence-electron chi connectivity index (χ2n) is 5.59. The van der Waals surface area contributed by atoms with Gasteiger partial charge in [0, 0.05) is 31.4 Å². The van der Waals surface area contributed by atoms with Gasteiger partial charge in [-0.3, -0.25) is 0 Å². The van der Waals surface area contributed by atoms with Crippen molar-refractivity contribution in [1.29, 1.82) is 0 Å². The highest BCUT2D eigenvalue weighted by molar-refractivity contribution is 7.98. The molecule has 0 unspecified atom stereocenters. The minimum absolute atomic E-state index is 0.482. The molecule has 1 saturated carbocycles. The summed E-state index contributed by atoms with van der Waals surface area (Å²) in [6.07, 6.45) is 7.55. The predicted octanol–water partition coefficient (Wildman–Crippen LogP) is 2.84. The van der Waals surface area contributed by atoms with Gasteiger partial charge in [0.2, 0.25) is 0 Å². The average Bonchev–Trinajstić information content (AvgIpc) is 3.16. The average molecular weight is 258 g/mol. The molecule has 3 heteroatoms. The van der Waals surface area contributed by atoms with Gasteiger partial charge in [0.05, 0.1) is 0 Å². The zero-order valence-corrected chi connectivity index (χ0v) is 12.9. The Morgan fingerprint density at radius 2 is 1.94 bits per heavy atom. The Morgan fingerprint density at radius 3 is 2.41 bits per heavy atom. The van der Waals surface area contributed by atoms with Gasteiger partial charge in [0.15, 0.2) is 0 Å². The first-order chi connectivity index (χ1) is 8.15. The molecule has 0 aliphatic heterocycles. The molecule has 0 amide bonds. The van der Waals surface area contributed by atoms with Crippen molar-refractivity contribution in [3.8, 4) is 0 Å². The Hall–Kier alpha value is 0.270. The summed E-state index contributed by atoms with van der Waals surface area (Å²) >= 11 is 1.94. The molecule has 1 aliphatic rings. The molecule has 17 heavy (non-hydrogen) atoms. The Bertz CT molecular complexity index is 200. The van der Waals surface area contributed by atoms with E-state index in [-0.39, 0.29) is 0 Å². The fourth-order valence-electron chi connectivity index (χ4n) is 2.33. The maximum atomic E-state index is 3.73. The quantitative estimate of drug-likeness (QED) is 0.649. The molecule has 0 heterocycles. The molecule has 0 radical (unpaired) electrons. The van der Waals surface area contributed by atoms with Crippen LogP contribution in [0.15, 0.2) is 0 Å². The second-order valence-corrected chi connectivity index (χ2v) is 6.58. The lowest BCUT2D eigenvalue weighted by Crippen LogP contribution is -2.43. The van der Waals surface area contributed by atoms with Crippen LogP contribution in [0.5, 0.6) is 0 Å². The maximum absolute atomic E-state index is 3.73. The van der Waals surface area contributed by atoms with Gasteiger partial charge in [-0.15, -0.1) is 0 Å². The highest BCUT2D eigenvalue weighted by Crippen LogP contribution is 2.29. The van der Waals surface area contributed by atoms with E-state index in [1.54, 1.807) is 0 Å². The van der Waals surface area contributed by atoms with Crippen molar-refractivity contribution in [1.82, 2.24) is 10.2 Å². The van der Waals surface area contributed by atoms with Crippen LogP contribution in [0.4, 0.5) is 0 Å². The number of thioether (sulfide) groups is 1. The van der Waals surface area contributed by atoms with E-state index in [4.69, 9.17) is 0 Å². The molecule has 102 valence electrons. The van der Waals surface area contributed by atoms with Crippen molar-refractivity contribution in [3.05, 3.63) is 0 Å². The van der Waals surface area contributed by atoms with Crippen LogP contribution in [0.25, 0.3) is 0 Å². The van der Waals surface area contributed by atoms with Gasteiger partial charge in [-0.05, 0) is 44.4 Å². The maximum Gasteiger partial charge on any atom is 0.00694 e. The third-order valence-corrected chi connectivity index (χ3v) is 4.72. The molecule has 1 aliphatic carbocycles. The molecule has 1 N–H and O–H groups in total. The highest BCUT2D eigenvalue weighted by Gasteiger charge is 2.30. The van der Waals surface area contributed by atoms with Crippen LogP contribution in [-0.2, 0) is 0 Å². The van der Waals surface area contributed by atoms with E-state index in [2.05, 4.69) is 37.4 Å². The van der Waals surface area contributed by atoms with Crippen LogP contribution in [0.3, 0.4) is 0 Å². The summed E-state index contributed by atoms with van der Waals surface area (Å²) in [6.45, 7) is 8.35. The molecular formula is C14H30N2S. The molecule has 0 saturated heterocycles. The summed E-state index contributed by atoms with van der Waals surface area (Å²) in [5.41, 5.74) is 0.482. The fraction of sp³-hybridized carbons (Fsp3) is 1.00. The Morgan fingerprint density at radius 1 is 1.29 bits per heavy atom. The van der Waals surface area contributed by atoms with Crippen molar-refractivity contribution >= 4 is 11.8 Å². The van der Waals surface area contributed by atoms with E-state index in [0.29, 0.717) is 5.41 Å². The highest BCUT2D eigenvalue weighted by atomic mass is 32.2. The van der Waals surface area contributed by atoms with Gasteiger partial charge in [-0.1, -0.05) is 13.8 Å². The summed E-state index contributed by atoms with van der Waals surface area (Å²) < 4.78 is 0. The number of hydrogen-bond donors (Lipinski definition) is 1. The molecular weight excluding hydrogens is 228 g/mol. The first kappa shape index (κ1) is 15.3. The largest absolute Gasteiger partial charge is 0.313 e. The van der Waals surface area contributed by atoms with Gasteiger partial charge in [0.1, 0.15) is 0 Å². The molecule has 2 nitrogen and oxygen atoms in total. The first-order valence-corrected chi connectivity index (χ1v) is 8.46. The zero-order valence-electron chi connectivity index (χ0n) is 12.1. The van der Waals surface area contributed by atoms with Gasteiger partial charge >= 0.3 is 0 Å². The Labute approximate surface area is 112 Å². The second kappa shape index (κ2) is 7.65. The van der Waals surface area contributed by atoms with Crippen LogP contribution in [0.1, 0.15) is 39.5 Å². The lowest BCUT2D eigenvalue weighted by Gasteiger charge is -2.36. The summed E-state index contributed by atoms with van der Waals surface area (Å²) in [6, 6.07) is 0.837. The smallest absolute Gasteiger partial charge is 0.00694 e. The Balaban J connectivity index is 2.37. The standard InChI is InChI=1S/C14H30N2S/c1-5-14(6-2,11-15-13-7-8-13)12-16(3)9-10-17-4/h13,15H,5-12H2,1-4H3. The van der Waals surface area contributed by atoms with Crippen LogP contribution >= 0.6 is 11.8 Å². The molecule has 0 aromatic heterocycles. The summed E-state index contributed by atoms with van der Waals surface area (Å²) in [7, 11) is 2.27. The van der Waals surface area contributed by atoms with Crippen molar-refractivity contribution in [2.75, 3.05) is 38.7 Å². The van der Waals surface area contributed by atoms with E-state index in [0.717, 1.165) is 6.04 Å². The lowest BCUT2D eigenvalue weighted by molar-refractivity contribution is 0.160. The topological polar surface area (TPSA) is 15.3 Å². The van der Waals surface area contributed by atoms with Crippen LogP contribution in [0, 0.1) is 5.41 Å². The molecule has 1 fully saturated rings. The third kappa shape index (κ3) is 5.62. The summed E-state index contributed by atoms with van der Waals surface area (Å²) in [5.74, 6) is 1.25. The monoisotopic (exact) mass is 258 g/mol. The minimum atomic E-state index is 0.482. The van der Waals surface area contributed by atoms with E-state index in [1.807, 2.05) is 11.8 Å². The number of hydrogen-bond acceptors (Lipinski definition) is 3. The molecule has 1 rings (SSSR count). The number of rotatable bonds is 10. The van der Waals surface area contributed by atoms with Crippen LogP contribution < -0.4 is 5.32 Å². The van der Waals surface area contributed by atoms with Crippen molar-refractivity contribution in [2.45, 2.75) is 45.6 Å². The van der Waals surface area contributed by atoms with E-state index in [1.165, 1.54) is 51.1 Å². The molecule has 0 aromatic rings. The van der Waals surface area contributed by atoms with Crippen molar-refractivity contribution in [2.24, 2.45) is 5.41 Å². The van der Waals surface area contributed by atoms with Crippen molar-refractivity contribution < 1.29 is 0 Å². The van der Waals surface area contributed by atoms with E-state index in [9.17, 15) is 0 Å². The fourth-order valence-corrected chi connectivity index (χ4v) is 2.82. The number of nitrogens with one attached hydrogen (secondary N) is 1. The Kier molecular flexibility index (Phi) is 6.90. The van der Waals surface area contributed by atoms with Gasteiger partial charge in [0.25, 0.3) is 0 Å². The molecule has 0 atom stereocenters. The van der Waals surface area contributed by atoms with E-state index < -0.39 is 0 Å².